The zero-order valence-electron chi connectivity index (χ0n) is 16.4. The average Bonchev–Trinajstić information content (AvgIpc) is 2.78. The Bertz CT molecular complexity index is 1150. The van der Waals surface area contributed by atoms with Crippen LogP contribution in [-0.2, 0) is 16.6 Å². The van der Waals surface area contributed by atoms with Crippen LogP contribution < -0.4 is 14.8 Å². The molecule has 1 heterocycles. The number of benzene rings is 2. The molecule has 31 heavy (non-hydrogen) atoms. The van der Waals surface area contributed by atoms with Gasteiger partial charge in [0.1, 0.15) is 11.6 Å². The molecule has 0 aliphatic carbocycles. The van der Waals surface area contributed by atoms with Gasteiger partial charge in [-0.25, -0.2) is 22.5 Å². The number of amides is 1. The molecule has 9 heteroatoms. The summed E-state index contributed by atoms with van der Waals surface area (Å²) < 4.78 is 44.9. The first kappa shape index (κ1) is 22.1. The Morgan fingerprint density at radius 2 is 1.77 bits per heavy atom. The van der Waals surface area contributed by atoms with Crippen LogP contribution in [0.2, 0.25) is 0 Å². The van der Waals surface area contributed by atoms with E-state index in [1.54, 1.807) is 18.3 Å². The molecule has 0 radical (unpaired) electrons. The standard InChI is InChI=1S/C22H20FN3O4S/c1-2-13-26-31(28,29)20-10-4-17(5-11-20)22(27)25-15-16-3-12-21(24-14-16)30-19-8-6-18(23)7-9-19/h2-12,14,26H,1,13,15H2,(H,25,27). The van der Waals surface area contributed by atoms with Crippen molar-refractivity contribution in [2.24, 2.45) is 0 Å². The third-order valence-electron chi connectivity index (χ3n) is 4.13. The highest BCUT2D eigenvalue weighted by molar-refractivity contribution is 7.89. The normalized spacial score (nSPS) is 11.0. The van der Waals surface area contributed by atoms with Crippen molar-refractivity contribution >= 4 is 15.9 Å². The minimum atomic E-state index is -3.64. The van der Waals surface area contributed by atoms with Gasteiger partial charge in [0.15, 0.2) is 0 Å². The quantitative estimate of drug-likeness (QED) is 0.496. The van der Waals surface area contributed by atoms with Gasteiger partial charge in [-0.2, -0.15) is 0 Å². The SMILES string of the molecule is C=CCNS(=O)(=O)c1ccc(C(=O)NCc2ccc(Oc3ccc(F)cc3)nc2)cc1. The molecule has 1 aromatic heterocycles. The van der Waals surface area contributed by atoms with Crippen LogP contribution in [-0.4, -0.2) is 25.9 Å². The maximum absolute atomic E-state index is 12.9. The number of sulfonamides is 1. The van der Waals surface area contributed by atoms with Gasteiger partial charge in [-0.15, -0.1) is 6.58 Å². The van der Waals surface area contributed by atoms with Crippen molar-refractivity contribution in [1.29, 1.82) is 0 Å². The van der Waals surface area contributed by atoms with E-state index >= 15 is 0 Å². The van der Waals surface area contributed by atoms with Gasteiger partial charge in [0.25, 0.3) is 5.91 Å². The van der Waals surface area contributed by atoms with Crippen molar-refractivity contribution in [3.63, 3.8) is 0 Å². The molecule has 0 bridgehead atoms. The molecule has 0 unspecified atom stereocenters. The molecule has 2 aromatic carbocycles. The molecule has 0 saturated carbocycles. The third kappa shape index (κ3) is 6.21. The smallest absolute Gasteiger partial charge is 0.251 e. The van der Waals surface area contributed by atoms with E-state index in [0.29, 0.717) is 17.2 Å². The number of aromatic nitrogens is 1. The topological polar surface area (TPSA) is 97.4 Å². The molecular weight excluding hydrogens is 421 g/mol. The summed E-state index contributed by atoms with van der Waals surface area (Å²) in [6.45, 7) is 3.81. The van der Waals surface area contributed by atoms with E-state index < -0.39 is 10.0 Å². The molecule has 0 saturated heterocycles. The van der Waals surface area contributed by atoms with Gasteiger partial charge in [0, 0.05) is 30.9 Å². The Morgan fingerprint density at radius 1 is 1.06 bits per heavy atom. The summed E-state index contributed by atoms with van der Waals surface area (Å²) in [5, 5.41) is 2.74. The van der Waals surface area contributed by atoms with Crippen LogP contribution in [0.4, 0.5) is 4.39 Å². The number of pyridine rings is 1. The largest absolute Gasteiger partial charge is 0.439 e. The highest BCUT2D eigenvalue weighted by atomic mass is 32.2. The maximum Gasteiger partial charge on any atom is 0.251 e. The monoisotopic (exact) mass is 441 g/mol. The fraction of sp³-hybridized carbons (Fsp3) is 0.0909. The second-order valence-corrected chi connectivity index (χ2v) is 8.18. The van der Waals surface area contributed by atoms with E-state index in [1.165, 1.54) is 54.6 Å². The minimum absolute atomic E-state index is 0.0619. The second kappa shape index (κ2) is 9.96. The van der Waals surface area contributed by atoms with Crippen molar-refractivity contribution in [3.8, 4) is 11.6 Å². The lowest BCUT2D eigenvalue weighted by Gasteiger charge is -2.08. The van der Waals surface area contributed by atoms with Gasteiger partial charge >= 0.3 is 0 Å². The Balaban J connectivity index is 1.55. The van der Waals surface area contributed by atoms with Crippen molar-refractivity contribution in [2.75, 3.05) is 6.54 Å². The first-order chi connectivity index (χ1) is 14.9. The second-order valence-electron chi connectivity index (χ2n) is 6.41. The lowest BCUT2D eigenvalue weighted by atomic mass is 10.2. The highest BCUT2D eigenvalue weighted by Crippen LogP contribution is 2.19. The van der Waals surface area contributed by atoms with Crippen LogP contribution in [0.25, 0.3) is 0 Å². The molecule has 0 aliphatic heterocycles. The number of carbonyl (C=O) groups is 1. The fourth-order valence-electron chi connectivity index (χ4n) is 2.52. The molecule has 2 N–H and O–H groups in total. The zero-order valence-corrected chi connectivity index (χ0v) is 17.2. The van der Waals surface area contributed by atoms with Crippen molar-refractivity contribution in [1.82, 2.24) is 15.0 Å². The number of carbonyl (C=O) groups excluding carboxylic acids is 1. The van der Waals surface area contributed by atoms with Gasteiger partial charge in [0.2, 0.25) is 15.9 Å². The number of halogens is 1. The maximum atomic E-state index is 12.9. The average molecular weight is 441 g/mol. The van der Waals surface area contributed by atoms with Crippen LogP contribution in [0, 0.1) is 5.82 Å². The Kier molecular flexibility index (Phi) is 7.11. The first-order valence-electron chi connectivity index (χ1n) is 9.24. The number of hydrogen-bond donors (Lipinski definition) is 2. The summed E-state index contributed by atoms with van der Waals surface area (Å²) in [5.41, 5.74) is 1.07. The highest BCUT2D eigenvalue weighted by Gasteiger charge is 2.14. The van der Waals surface area contributed by atoms with E-state index in [-0.39, 0.29) is 29.7 Å². The molecule has 160 valence electrons. The Labute approximate surface area is 179 Å². The van der Waals surface area contributed by atoms with Crippen LogP contribution in [0.1, 0.15) is 15.9 Å². The van der Waals surface area contributed by atoms with Crippen LogP contribution in [0.3, 0.4) is 0 Å². The molecule has 0 fully saturated rings. The molecule has 7 nitrogen and oxygen atoms in total. The lowest BCUT2D eigenvalue weighted by Crippen LogP contribution is -2.24. The summed E-state index contributed by atoms with van der Waals surface area (Å²) in [6.07, 6.45) is 3.00. The van der Waals surface area contributed by atoms with Crippen molar-refractivity contribution in [2.45, 2.75) is 11.4 Å². The molecule has 0 aliphatic rings. The van der Waals surface area contributed by atoms with Gasteiger partial charge in [-0.1, -0.05) is 12.1 Å². The van der Waals surface area contributed by atoms with Crippen molar-refractivity contribution in [3.05, 3.63) is 96.5 Å². The Morgan fingerprint density at radius 3 is 2.39 bits per heavy atom. The van der Waals surface area contributed by atoms with E-state index in [0.717, 1.165) is 5.56 Å². The van der Waals surface area contributed by atoms with Gasteiger partial charge in [-0.05, 0) is 54.1 Å². The van der Waals surface area contributed by atoms with E-state index in [2.05, 4.69) is 21.6 Å². The predicted molar refractivity (Wildman–Crippen MR) is 114 cm³/mol. The predicted octanol–water partition coefficient (Wildman–Crippen LogP) is 3.41. The number of nitrogens with zero attached hydrogens (tertiary/aromatic N) is 1. The summed E-state index contributed by atoms with van der Waals surface area (Å²) in [6, 6.07) is 14.6. The van der Waals surface area contributed by atoms with E-state index in [9.17, 15) is 17.6 Å². The van der Waals surface area contributed by atoms with Crippen LogP contribution in [0.15, 0.2) is 84.4 Å². The first-order valence-corrected chi connectivity index (χ1v) is 10.7. The molecular formula is C22H20FN3O4S. The number of rotatable bonds is 9. The van der Waals surface area contributed by atoms with Gasteiger partial charge in [0.05, 0.1) is 4.90 Å². The molecule has 3 rings (SSSR count). The molecule has 1 amide bonds. The third-order valence-corrected chi connectivity index (χ3v) is 5.57. The van der Waals surface area contributed by atoms with Crippen molar-refractivity contribution < 1.29 is 22.3 Å². The van der Waals surface area contributed by atoms with E-state index in [1.807, 2.05) is 0 Å². The molecule has 0 spiro atoms. The number of nitrogens with one attached hydrogen (secondary N) is 2. The zero-order chi connectivity index (χ0) is 22.3. The fourth-order valence-corrected chi connectivity index (χ4v) is 3.52. The van der Waals surface area contributed by atoms with Crippen LogP contribution in [0.5, 0.6) is 11.6 Å². The lowest BCUT2D eigenvalue weighted by molar-refractivity contribution is 0.0951. The summed E-state index contributed by atoms with van der Waals surface area (Å²) >= 11 is 0. The van der Waals surface area contributed by atoms with Gasteiger partial charge < -0.3 is 10.1 Å². The number of ether oxygens (including phenoxy) is 1. The Hall–Kier alpha value is -3.56. The number of hydrogen-bond acceptors (Lipinski definition) is 5. The minimum Gasteiger partial charge on any atom is -0.439 e. The molecule has 3 aromatic rings. The summed E-state index contributed by atoms with van der Waals surface area (Å²) in [4.78, 5) is 16.5. The summed E-state index contributed by atoms with van der Waals surface area (Å²) in [5.74, 6) is 0.0883. The van der Waals surface area contributed by atoms with Crippen LogP contribution >= 0.6 is 0 Å². The van der Waals surface area contributed by atoms with E-state index in [4.69, 9.17) is 4.74 Å². The van der Waals surface area contributed by atoms with Gasteiger partial charge in [-0.3, -0.25) is 4.79 Å². The molecule has 0 atom stereocenters. The summed E-state index contributed by atoms with van der Waals surface area (Å²) in [7, 11) is -3.64.